The molecule has 4 nitrogen and oxygen atoms in total. The lowest BCUT2D eigenvalue weighted by atomic mass is 10.00. The average molecular weight is 217 g/mol. The van der Waals surface area contributed by atoms with Crippen LogP contribution in [0.5, 0.6) is 0 Å². The van der Waals surface area contributed by atoms with Crippen molar-refractivity contribution < 1.29 is 14.9 Å². The lowest BCUT2D eigenvalue weighted by molar-refractivity contribution is 0.0476. The molecule has 4 heteroatoms. The van der Waals surface area contributed by atoms with Gasteiger partial charge in [-0.05, 0) is 25.8 Å². The van der Waals surface area contributed by atoms with Crippen LogP contribution < -0.4 is 0 Å². The molecule has 1 fully saturated rings. The molecule has 1 aliphatic rings. The van der Waals surface area contributed by atoms with Crippen LogP contribution in [0, 0.1) is 0 Å². The van der Waals surface area contributed by atoms with Crippen LogP contribution in [-0.2, 0) is 4.74 Å². The number of rotatable bonds is 7. The molecule has 1 aliphatic heterocycles. The average Bonchev–Trinajstić information content (AvgIpc) is 2.27. The molecule has 1 rings (SSSR count). The summed E-state index contributed by atoms with van der Waals surface area (Å²) < 4.78 is 5.26. The molecule has 1 saturated heterocycles. The summed E-state index contributed by atoms with van der Waals surface area (Å²) in [6, 6.07) is 0.529. The molecule has 1 heterocycles. The maximum Gasteiger partial charge on any atom is 0.0698 e. The first-order valence-corrected chi connectivity index (χ1v) is 5.92. The largest absolute Gasteiger partial charge is 0.396 e. The van der Waals surface area contributed by atoms with E-state index >= 15 is 0 Å². The van der Waals surface area contributed by atoms with Crippen molar-refractivity contribution in [3.05, 3.63) is 0 Å². The third-order valence-electron chi connectivity index (χ3n) is 2.97. The highest BCUT2D eigenvalue weighted by atomic mass is 16.5. The van der Waals surface area contributed by atoms with E-state index < -0.39 is 0 Å². The Balaban J connectivity index is 2.17. The van der Waals surface area contributed by atoms with Gasteiger partial charge in [-0.25, -0.2) is 0 Å². The van der Waals surface area contributed by atoms with Crippen LogP contribution in [-0.4, -0.2) is 60.7 Å². The molecule has 90 valence electrons. The zero-order chi connectivity index (χ0) is 10.9. The van der Waals surface area contributed by atoms with Crippen molar-refractivity contribution in [2.45, 2.75) is 31.7 Å². The topological polar surface area (TPSA) is 52.9 Å². The van der Waals surface area contributed by atoms with E-state index in [4.69, 9.17) is 14.9 Å². The zero-order valence-corrected chi connectivity index (χ0v) is 9.40. The first kappa shape index (κ1) is 12.9. The summed E-state index contributed by atoms with van der Waals surface area (Å²) in [6.07, 6.45) is 4.60. The van der Waals surface area contributed by atoms with Crippen LogP contribution in [0.15, 0.2) is 0 Å². The summed E-state index contributed by atoms with van der Waals surface area (Å²) in [4.78, 5) is 2.40. The van der Waals surface area contributed by atoms with Crippen molar-refractivity contribution in [2.24, 2.45) is 0 Å². The van der Waals surface area contributed by atoms with E-state index in [0.29, 0.717) is 19.3 Å². The van der Waals surface area contributed by atoms with Crippen molar-refractivity contribution in [2.75, 3.05) is 39.5 Å². The molecule has 0 spiro atoms. The molecule has 2 N–H and O–H groups in total. The maximum absolute atomic E-state index is 8.95. The van der Waals surface area contributed by atoms with Gasteiger partial charge in [0.15, 0.2) is 0 Å². The first-order valence-electron chi connectivity index (χ1n) is 5.92. The van der Waals surface area contributed by atoms with Crippen LogP contribution in [0.4, 0.5) is 0 Å². The number of ether oxygens (including phenoxy) is 1. The number of nitrogens with zero attached hydrogens (tertiary/aromatic N) is 1. The van der Waals surface area contributed by atoms with Gasteiger partial charge in [-0.1, -0.05) is 6.42 Å². The molecule has 0 aliphatic carbocycles. The second-order valence-electron chi connectivity index (χ2n) is 4.03. The van der Waals surface area contributed by atoms with E-state index in [2.05, 4.69) is 4.90 Å². The molecular formula is C11H23NO3. The van der Waals surface area contributed by atoms with Gasteiger partial charge in [0, 0.05) is 19.2 Å². The van der Waals surface area contributed by atoms with Gasteiger partial charge in [0.05, 0.1) is 19.8 Å². The Kier molecular flexibility index (Phi) is 6.92. The third-order valence-corrected chi connectivity index (χ3v) is 2.97. The van der Waals surface area contributed by atoms with Crippen LogP contribution in [0.2, 0.25) is 0 Å². The molecule has 0 radical (unpaired) electrons. The number of hydrogen-bond donors (Lipinski definition) is 2. The maximum atomic E-state index is 8.95. The second-order valence-corrected chi connectivity index (χ2v) is 4.03. The standard InChI is InChI=1S/C11H23NO3/c13-7-4-11-3-1-2-5-12(11)6-9-15-10-8-14/h11,13-14H,1-10H2. The fourth-order valence-corrected chi connectivity index (χ4v) is 2.18. The van der Waals surface area contributed by atoms with Crippen molar-refractivity contribution in [3.63, 3.8) is 0 Å². The molecule has 0 saturated carbocycles. The number of hydrogen-bond acceptors (Lipinski definition) is 4. The Morgan fingerprint density at radius 3 is 2.73 bits per heavy atom. The SMILES string of the molecule is OCCOCCN1CCCCC1CCO. The summed E-state index contributed by atoms with van der Waals surface area (Å²) in [5.74, 6) is 0. The van der Waals surface area contributed by atoms with Crippen molar-refractivity contribution in [1.29, 1.82) is 0 Å². The normalized spacial score (nSPS) is 23.2. The number of likely N-dealkylation sites (tertiary alicyclic amines) is 1. The fourth-order valence-electron chi connectivity index (χ4n) is 2.18. The van der Waals surface area contributed by atoms with Crippen molar-refractivity contribution in [1.82, 2.24) is 4.90 Å². The van der Waals surface area contributed by atoms with Crippen LogP contribution in [0.3, 0.4) is 0 Å². The Bertz CT molecular complexity index is 153. The molecule has 0 amide bonds. The van der Waals surface area contributed by atoms with Gasteiger partial charge < -0.3 is 14.9 Å². The van der Waals surface area contributed by atoms with E-state index in [1.807, 2.05) is 0 Å². The Morgan fingerprint density at radius 2 is 2.00 bits per heavy atom. The predicted molar refractivity (Wildman–Crippen MR) is 58.8 cm³/mol. The fraction of sp³-hybridized carbons (Fsp3) is 1.00. The highest BCUT2D eigenvalue weighted by Gasteiger charge is 2.20. The predicted octanol–water partition coefficient (Wildman–Crippen LogP) is 0.232. The van der Waals surface area contributed by atoms with Gasteiger partial charge in [0.1, 0.15) is 0 Å². The highest BCUT2D eigenvalue weighted by molar-refractivity contribution is 4.76. The monoisotopic (exact) mass is 217 g/mol. The lowest BCUT2D eigenvalue weighted by Gasteiger charge is -2.35. The highest BCUT2D eigenvalue weighted by Crippen LogP contribution is 2.18. The Morgan fingerprint density at radius 1 is 1.13 bits per heavy atom. The molecular weight excluding hydrogens is 194 g/mol. The summed E-state index contributed by atoms with van der Waals surface area (Å²) >= 11 is 0. The van der Waals surface area contributed by atoms with Gasteiger partial charge in [-0.3, -0.25) is 4.90 Å². The van der Waals surface area contributed by atoms with Crippen LogP contribution in [0.25, 0.3) is 0 Å². The van der Waals surface area contributed by atoms with Gasteiger partial charge in [-0.15, -0.1) is 0 Å². The molecule has 0 aromatic carbocycles. The van der Waals surface area contributed by atoms with E-state index in [1.54, 1.807) is 0 Å². The molecule has 1 atom stereocenters. The second kappa shape index (κ2) is 8.05. The Hall–Kier alpha value is -0.160. The van der Waals surface area contributed by atoms with E-state index in [0.717, 1.165) is 19.5 Å². The van der Waals surface area contributed by atoms with E-state index in [-0.39, 0.29) is 13.2 Å². The number of piperidine rings is 1. The summed E-state index contributed by atoms with van der Waals surface area (Å²) in [5, 5.41) is 17.5. The quantitative estimate of drug-likeness (QED) is 0.600. The van der Waals surface area contributed by atoms with Crippen LogP contribution >= 0.6 is 0 Å². The molecule has 15 heavy (non-hydrogen) atoms. The minimum absolute atomic E-state index is 0.0973. The third kappa shape index (κ3) is 4.93. The molecule has 0 bridgehead atoms. The van der Waals surface area contributed by atoms with Gasteiger partial charge in [-0.2, -0.15) is 0 Å². The lowest BCUT2D eigenvalue weighted by Crippen LogP contribution is -2.41. The Labute approximate surface area is 91.8 Å². The van der Waals surface area contributed by atoms with Crippen molar-refractivity contribution >= 4 is 0 Å². The van der Waals surface area contributed by atoms with E-state index in [1.165, 1.54) is 19.3 Å². The molecule has 1 unspecified atom stereocenters. The van der Waals surface area contributed by atoms with Gasteiger partial charge >= 0.3 is 0 Å². The number of aliphatic hydroxyl groups excluding tert-OH is 2. The molecule has 0 aromatic heterocycles. The van der Waals surface area contributed by atoms with Gasteiger partial charge in [0.25, 0.3) is 0 Å². The summed E-state index contributed by atoms with van der Waals surface area (Å²) in [7, 11) is 0. The summed E-state index contributed by atoms with van der Waals surface area (Å²) in [6.45, 7) is 3.53. The van der Waals surface area contributed by atoms with Gasteiger partial charge in [0.2, 0.25) is 0 Å². The summed E-state index contributed by atoms with van der Waals surface area (Å²) in [5.41, 5.74) is 0. The smallest absolute Gasteiger partial charge is 0.0698 e. The first-order chi connectivity index (χ1) is 7.38. The zero-order valence-electron chi connectivity index (χ0n) is 9.40. The minimum atomic E-state index is 0.0973. The number of aliphatic hydroxyl groups is 2. The molecule has 0 aromatic rings. The van der Waals surface area contributed by atoms with Crippen LogP contribution in [0.1, 0.15) is 25.7 Å². The van der Waals surface area contributed by atoms with E-state index in [9.17, 15) is 0 Å². The minimum Gasteiger partial charge on any atom is -0.396 e. The van der Waals surface area contributed by atoms with Crippen molar-refractivity contribution in [3.8, 4) is 0 Å².